The highest BCUT2D eigenvalue weighted by atomic mass is 79.9. The summed E-state index contributed by atoms with van der Waals surface area (Å²) in [6.07, 6.45) is -0.235. The van der Waals surface area contributed by atoms with Crippen molar-refractivity contribution in [2.24, 2.45) is 0 Å². The third kappa shape index (κ3) is 11.6. The van der Waals surface area contributed by atoms with Crippen molar-refractivity contribution >= 4 is 45.4 Å². The number of nitrogens with zero attached hydrogens (tertiary/aromatic N) is 2. The Morgan fingerprint density at radius 1 is 0.902 bits per heavy atom. The quantitative estimate of drug-likeness (QED) is 0.191. The summed E-state index contributed by atoms with van der Waals surface area (Å²) in [4.78, 5) is 42.7. The smallest absolute Gasteiger partial charge is 0.408 e. The third-order valence-electron chi connectivity index (χ3n) is 6.17. The zero-order valence-electron chi connectivity index (χ0n) is 23.7. The molecule has 0 fully saturated rings. The Morgan fingerprint density at radius 2 is 1.56 bits per heavy atom. The van der Waals surface area contributed by atoms with Gasteiger partial charge in [-0.1, -0.05) is 64.5 Å². The van der Waals surface area contributed by atoms with Gasteiger partial charge in [0.25, 0.3) is 0 Å². The number of ether oxygens (including phenoxy) is 1. The van der Waals surface area contributed by atoms with Crippen LogP contribution >= 0.6 is 27.3 Å². The number of halogens is 1. The van der Waals surface area contributed by atoms with Crippen molar-refractivity contribution in [3.63, 3.8) is 0 Å². The lowest BCUT2D eigenvalue weighted by molar-refractivity contribution is -0.135. The number of hydrogen-bond acceptors (Lipinski definition) is 5. The van der Waals surface area contributed by atoms with E-state index in [0.29, 0.717) is 38.9 Å². The fraction of sp³-hybridized carbons (Fsp3) is 0.387. The second-order valence-corrected chi connectivity index (χ2v) is 12.7. The number of carboxylic acid groups (broad SMARTS) is 1. The van der Waals surface area contributed by atoms with E-state index in [-0.39, 0.29) is 12.5 Å². The molecule has 1 atom stereocenters. The molecule has 1 heterocycles. The van der Waals surface area contributed by atoms with Crippen LogP contribution in [-0.4, -0.2) is 51.2 Å². The summed E-state index contributed by atoms with van der Waals surface area (Å²) in [6.45, 7) is 6.70. The lowest BCUT2D eigenvalue weighted by Crippen LogP contribution is -2.49. The third-order valence-corrected chi connectivity index (χ3v) is 7.56. The zero-order chi connectivity index (χ0) is 29.8. The van der Waals surface area contributed by atoms with Gasteiger partial charge in [-0.15, -0.1) is 11.3 Å². The molecule has 3 amide bonds. The maximum absolute atomic E-state index is 14.0. The Hall–Kier alpha value is -3.37. The van der Waals surface area contributed by atoms with Gasteiger partial charge in [-0.3, -0.25) is 4.79 Å². The zero-order valence-corrected chi connectivity index (χ0v) is 26.1. The molecule has 0 aliphatic heterocycles. The van der Waals surface area contributed by atoms with E-state index >= 15 is 0 Å². The number of rotatable bonds is 13. The van der Waals surface area contributed by atoms with E-state index < -0.39 is 23.8 Å². The second kappa shape index (κ2) is 15.6. The summed E-state index contributed by atoms with van der Waals surface area (Å²) in [5, 5.41) is 14.5. The fourth-order valence-electron chi connectivity index (χ4n) is 4.24. The first kappa shape index (κ1) is 32.1. The number of alkyl carbamates (subject to hydrolysis) is 1. The van der Waals surface area contributed by atoms with Crippen LogP contribution in [0, 0.1) is 0 Å². The van der Waals surface area contributed by atoms with Gasteiger partial charge < -0.3 is 25.0 Å². The van der Waals surface area contributed by atoms with E-state index in [1.165, 1.54) is 4.90 Å². The molecule has 220 valence electrons. The van der Waals surface area contributed by atoms with Gasteiger partial charge in [0.05, 0.1) is 6.54 Å². The molecule has 2 N–H and O–H groups in total. The largest absolute Gasteiger partial charge is 0.465 e. The molecular formula is C31H38BrN3O5S. The van der Waals surface area contributed by atoms with E-state index in [2.05, 4.69) is 21.2 Å². The number of hydrogen-bond donors (Lipinski definition) is 2. The molecule has 3 rings (SSSR count). The number of carbonyl (C=O) groups excluding carboxylic acids is 2. The van der Waals surface area contributed by atoms with Crippen LogP contribution in [0.25, 0.3) is 0 Å². The van der Waals surface area contributed by atoms with Crippen LogP contribution in [0.4, 0.5) is 9.59 Å². The van der Waals surface area contributed by atoms with Crippen molar-refractivity contribution in [1.82, 2.24) is 15.1 Å². The maximum atomic E-state index is 14.0. The molecule has 0 saturated heterocycles. The van der Waals surface area contributed by atoms with Gasteiger partial charge in [-0.25, -0.2) is 9.59 Å². The van der Waals surface area contributed by atoms with Gasteiger partial charge in [0.2, 0.25) is 5.91 Å². The topological polar surface area (TPSA) is 99.2 Å². The molecular weight excluding hydrogens is 606 g/mol. The highest BCUT2D eigenvalue weighted by molar-refractivity contribution is 9.10. The lowest BCUT2D eigenvalue weighted by Gasteiger charge is -2.29. The van der Waals surface area contributed by atoms with Gasteiger partial charge >= 0.3 is 12.2 Å². The SMILES string of the molecule is CC(C)(C)OC(=O)N[C@@H](CCCCN(Cc1ccccc1)C(=O)O)C(=O)N(Cc1ccc(Br)cc1)Cc1cccs1. The molecule has 0 saturated carbocycles. The van der Waals surface area contributed by atoms with Crippen LogP contribution in [0.1, 0.15) is 56.0 Å². The molecule has 3 aromatic rings. The predicted molar refractivity (Wildman–Crippen MR) is 165 cm³/mol. The van der Waals surface area contributed by atoms with E-state index in [0.717, 1.165) is 20.5 Å². The molecule has 0 spiro atoms. The summed E-state index contributed by atoms with van der Waals surface area (Å²) in [5.74, 6) is -0.216. The average molecular weight is 645 g/mol. The Balaban J connectivity index is 1.72. The molecule has 0 aliphatic rings. The van der Waals surface area contributed by atoms with Gasteiger partial charge in [-0.05, 0) is 74.7 Å². The number of thiophene rings is 1. The van der Waals surface area contributed by atoms with Crippen LogP contribution in [0.5, 0.6) is 0 Å². The van der Waals surface area contributed by atoms with E-state index in [9.17, 15) is 19.5 Å². The first-order chi connectivity index (χ1) is 19.5. The molecule has 1 aromatic heterocycles. The van der Waals surface area contributed by atoms with Gasteiger partial charge in [-0.2, -0.15) is 0 Å². The maximum Gasteiger partial charge on any atom is 0.408 e. The second-order valence-electron chi connectivity index (χ2n) is 10.8. The fourth-order valence-corrected chi connectivity index (χ4v) is 5.22. The summed E-state index contributed by atoms with van der Waals surface area (Å²) in [6, 6.07) is 20.3. The number of amides is 3. The van der Waals surface area contributed by atoms with Crippen LogP contribution in [0.3, 0.4) is 0 Å². The Bertz CT molecular complexity index is 1250. The van der Waals surface area contributed by atoms with Crippen molar-refractivity contribution in [3.8, 4) is 0 Å². The van der Waals surface area contributed by atoms with Gasteiger partial charge in [0.1, 0.15) is 11.6 Å². The molecule has 0 unspecified atom stereocenters. The minimum Gasteiger partial charge on any atom is -0.465 e. The van der Waals surface area contributed by atoms with Crippen molar-refractivity contribution < 1.29 is 24.2 Å². The van der Waals surface area contributed by atoms with Gasteiger partial charge in [0, 0.05) is 29.0 Å². The average Bonchev–Trinajstić information content (AvgIpc) is 3.43. The number of nitrogens with one attached hydrogen (secondary N) is 1. The van der Waals surface area contributed by atoms with Crippen LogP contribution in [-0.2, 0) is 29.2 Å². The monoisotopic (exact) mass is 643 g/mol. The van der Waals surface area contributed by atoms with Crippen molar-refractivity contribution in [3.05, 3.63) is 92.6 Å². The summed E-state index contributed by atoms with van der Waals surface area (Å²) < 4.78 is 6.42. The van der Waals surface area contributed by atoms with Crippen LogP contribution in [0.2, 0.25) is 0 Å². The molecule has 2 aromatic carbocycles. The molecule has 0 aliphatic carbocycles. The summed E-state index contributed by atoms with van der Waals surface area (Å²) in [5.41, 5.74) is 1.16. The lowest BCUT2D eigenvalue weighted by atomic mass is 10.1. The van der Waals surface area contributed by atoms with E-state index in [4.69, 9.17) is 4.74 Å². The normalized spacial score (nSPS) is 11.9. The van der Waals surface area contributed by atoms with Crippen molar-refractivity contribution in [2.45, 2.75) is 71.3 Å². The Morgan fingerprint density at radius 3 is 2.17 bits per heavy atom. The van der Waals surface area contributed by atoms with Crippen LogP contribution < -0.4 is 5.32 Å². The highest BCUT2D eigenvalue weighted by Gasteiger charge is 2.28. The summed E-state index contributed by atoms with van der Waals surface area (Å²) >= 11 is 5.02. The number of unbranched alkanes of at least 4 members (excludes halogenated alkanes) is 1. The minimum atomic E-state index is -0.995. The van der Waals surface area contributed by atoms with Crippen molar-refractivity contribution in [1.29, 1.82) is 0 Å². The summed E-state index contributed by atoms with van der Waals surface area (Å²) in [7, 11) is 0. The molecule has 41 heavy (non-hydrogen) atoms. The van der Waals surface area contributed by atoms with Crippen molar-refractivity contribution in [2.75, 3.05) is 6.54 Å². The predicted octanol–water partition coefficient (Wildman–Crippen LogP) is 7.28. The number of benzene rings is 2. The standard InChI is InChI=1S/C31H38BrN3O5S/c1-31(2,3)40-29(37)33-27(13-7-8-18-34(30(38)39)20-23-10-5-4-6-11-23)28(36)35(22-26-12-9-19-41-26)21-24-14-16-25(32)17-15-24/h4-6,9-12,14-17,19,27H,7-8,13,18,20-22H2,1-3H3,(H,33,37)(H,38,39)/t27-/m0/s1. The first-order valence-corrected chi connectivity index (χ1v) is 15.2. The molecule has 8 nitrogen and oxygen atoms in total. The van der Waals surface area contributed by atoms with Crippen LogP contribution in [0.15, 0.2) is 76.6 Å². The highest BCUT2D eigenvalue weighted by Crippen LogP contribution is 2.19. The van der Waals surface area contributed by atoms with E-state index in [1.807, 2.05) is 72.1 Å². The minimum absolute atomic E-state index is 0.216. The molecule has 0 bridgehead atoms. The Labute approximate surface area is 254 Å². The molecule has 0 radical (unpaired) electrons. The van der Waals surface area contributed by atoms with E-state index in [1.54, 1.807) is 37.0 Å². The van der Waals surface area contributed by atoms with Gasteiger partial charge in [0.15, 0.2) is 0 Å². The Kier molecular flexibility index (Phi) is 12.2. The first-order valence-electron chi connectivity index (χ1n) is 13.6. The number of carbonyl (C=O) groups is 3. The molecule has 10 heteroatoms.